The van der Waals surface area contributed by atoms with Crippen molar-refractivity contribution < 1.29 is 9.84 Å². The summed E-state index contributed by atoms with van der Waals surface area (Å²) in [5.41, 5.74) is 2.01. The smallest absolute Gasteiger partial charge is 0.126 e. The number of nitrogens with zero attached hydrogens (tertiary/aromatic N) is 1. The number of methoxy groups -OCH3 is 1. The highest BCUT2D eigenvalue weighted by molar-refractivity contribution is 5.60. The number of anilines is 1. The van der Waals surface area contributed by atoms with Crippen molar-refractivity contribution in [3.63, 3.8) is 0 Å². The van der Waals surface area contributed by atoms with E-state index in [1.165, 1.54) is 38.5 Å². The lowest BCUT2D eigenvalue weighted by atomic mass is 10.0. The van der Waals surface area contributed by atoms with E-state index in [0.29, 0.717) is 6.04 Å². The van der Waals surface area contributed by atoms with Gasteiger partial charge in [0.15, 0.2) is 0 Å². The van der Waals surface area contributed by atoms with Gasteiger partial charge < -0.3 is 14.7 Å². The molecule has 1 atom stereocenters. The van der Waals surface area contributed by atoms with E-state index in [9.17, 15) is 5.11 Å². The standard InChI is InChI=1S/C17H27NO2/c1-13(19)17-15(11-8-12-16(17)20-3)18(2)14-9-6-4-5-7-10-14/h8,11-14,19H,4-7,9-10H2,1-3H3/t13-/m1/s1. The molecule has 1 aliphatic carbocycles. The highest BCUT2D eigenvalue weighted by Crippen LogP contribution is 2.36. The van der Waals surface area contributed by atoms with Gasteiger partial charge in [-0.25, -0.2) is 0 Å². The Bertz CT molecular complexity index is 423. The van der Waals surface area contributed by atoms with Crippen molar-refractivity contribution >= 4 is 5.69 Å². The molecule has 0 aliphatic heterocycles. The van der Waals surface area contributed by atoms with E-state index in [1.807, 2.05) is 19.1 Å². The van der Waals surface area contributed by atoms with Crippen LogP contribution in [0.2, 0.25) is 0 Å². The molecule has 0 aromatic heterocycles. The molecule has 1 aromatic rings. The zero-order chi connectivity index (χ0) is 14.5. The fourth-order valence-corrected chi connectivity index (χ4v) is 3.28. The fraction of sp³-hybridized carbons (Fsp3) is 0.647. The van der Waals surface area contributed by atoms with Crippen molar-refractivity contribution in [1.29, 1.82) is 0 Å². The van der Waals surface area contributed by atoms with Crippen LogP contribution < -0.4 is 9.64 Å². The minimum Gasteiger partial charge on any atom is -0.496 e. The Kier molecular flexibility index (Phi) is 5.30. The molecule has 0 bridgehead atoms. The molecule has 0 saturated heterocycles. The van der Waals surface area contributed by atoms with E-state index in [2.05, 4.69) is 18.0 Å². The predicted molar refractivity (Wildman–Crippen MR) is 83.5 cm³/mol. The summed E-state index contributed by atoms with van der Waals surface area (Å²) >= 11 is 0. The van der Waals surface area contributed by atoms with Crippen molar-refractivity contribution in [3.8, 4) is 5.75 Å². The Hall–Kier alpha value is -1.22. The van der Waals surface area contributed by atoms with Gasteiger partial charge in [-0.3, -0.25) is 0 Å². The lowest BCUT2D eigenvalue weighted by molar-refractivity contribution is 0.194. The summed E-state index contributed by atoms with van der Waals surface area (Å²) in [6.07, 6.45) is 7.29. The molecular formula is C17H27NO2. The van der Waals surface area contributed by atoms with E-state index in [1.54, 1.807) is 7.11 Å². The first kappa shape index (κ1) is 15.2. The van der Waals surface area contributed by atoms with Gasteiger partial charge in [-0.2, -0.15) is 0 Å². The second-order valence-corrected chi connectivity index (χ2v) is 5.83. The normalized spacial score (nSPS) is 18.4. The topological polar surface area (TPSA) is 32.7 Å². The number of aliphatic hydroxyl groups excluding tert-OH is 1. The second-order valence-electron chi connectivity index (χ2n) is 5.83. The molecule has 0 amide bonds. The van der Waals surface area contributed by atoms with Crippen LogP contribution in [0.25, 0.3) is 0 Å². The highest BCUT2D eigenvalue weighted by Gasteiger charge is 2.22. The summed E-state index contributed by atoms with van der Waals surface area (Å²) in [5.74, 6) is 0.776. The average Bonchev–Trinajstić information content (AvgIpc) is 2.74. The second kappa shape index (κ2) is 6.98. The van der Waals surface area contributed by atoms with Gasteiger partial charge in [-0.05, 0) is 31.9 Å². The SMILES string of the molecule is COc1cccc(N(C)C2CCCCCC2)c1[C@@H](C)O. The van der Waals surface area contributed by atoms with Gasteiger partial charge in [-0.15, -0.1) is 0 Å². The Morgan fingerprint density at radius 1 is 1.20 bits per heavy atom. The largest absolute Gasteiger partial charge is 0.496 e. The Labute approximate surface area is 122 Å². The number of aliphatic hydroxyl groups is 1. The molecule has 1 saturated carbocycles. The van der Waals surface area contributed by atoms with E-state index in [-0.39, 0.29) is 0 Å². The zero-order valence-corrected chi connectivity index (χ0v) is 12.9. The molecule has 2 rings (SSSR count). The molecule has 0 unspecified atom stereocenters. The molecule has 3 heteroatoms. The number of hydrogen-bond donors (Lipinski definition) is 1. The predicted octanol–water partition coefficient (Wildman–Crippen LogP) is 3.91. The van der Waals surface area contributed by atoms with Crippen molar-refractivity contribution in [3.05, 3.63) is 23.8 Å². The molecule has 1 N–H and O–H groups in total. The number of ether oxygens (including phenoxy) is 1. The van der Waals surface area contributed by atoms with Crippen molar-refractivity contribution in [2.45, 2.75) is 57.6 Å². The lowest BCUT2D eigenvalue weighted by Crippen LogP contribution is -2.32. The van der Waals surface area contributed by atoms with Crippen LogP contribution in [0, 0.1) is 0 Å². The van der Waals surface area contributed by atoms with Crippen LogP contribution in [-0.4, -0.2) is 25.3 Å². The van der Waals surface area contributed by atoms with Crippen molar-refractivity contribution in [1.82, 2.24) is 0 Å². The van der Waals surface area contributed by atoms with Gasteiger partial charge in [0.2, 0.25) is 0 Å². The monoisotopic (exact) mass is 277 g/mol. The minimum absolute atomic E-state index is 0.519. The van der Waals surface area contributed by atoms with Crippen LogP contribution in [0.5, 0.6) is 5.75 Å². The third-order valence-electron chi connectivity index (χ3n) is 4.43. The van der Waals surface area contributed by atoms with Gasteiger partial charge in [-0.1, -0.05) is 31.7 Å². The van der Waals surface area contributed by atoms with E-state index in [0.717, 1.165) is 17.0 Å². The Morgan fingerprint density at radius 3 is 2.40 bits per heavy atom. The lowest BCUT2D eigenvalue weighted by Gasteiger charge is -2.32. The van der Waals surface area contributed by atoms with Crippen LogP contribution >= 0.6 is 0 Å². The first-order chi connectivity index (χ1) is 9.65. The maximum absolute atomic E-state index is 10.1. The van der Waals surface area contributed by atoms with Crippen molar-refractivity contribution in [2.75, 3.05) is 19.1 Å². The van der Waals surface area contributed by atoms with Crippen molar-refractivity contribution in [2.24, 2.45) is 0 Å². The summed E-state index contributed by atoms with van der Waals surface area (Å²) in [4.78, 5) is 2.34. The molecular weight excluding hydrogens is 250 g/mol. The molecule has 112 valence electrons. The van der Waals surface area contributed by atoms with Crippen LogP contribution in [0.4, 0.5) is 5.69 Å². The third-order valence-corrected chi connectivity index (χ3v) is 4.43. The molecule has 1 fully saturated rings. The maximum atomic E-state index is 10.1. The number of benzene rings is 1. The Morgan fingerprint density at radius 2 is 1.85 bits per heavy atom. The molecule has 0 heterocycles. The molecule has 3 nitrogen and oxygen atoms in total. The minimum atomic E-state index is -0.519. The van der Waals surface area contributed by atoms with Gasteiger partial charge in [0.25, 0.3) is 0 Å². The third kappa shape index (κ3) is 3.26. The maximum Gasteiger partial charge on any atom is 0.126 e. The Balaban J connectivity index is 2.30. The van der Waals surface area contributed by atoms with Gasteiger partial charge >= 0.3 is 0 Å². The van der Waals surface area contributed by atoms with Gasteiger partial charge in [0, 0.05) is 24.3 Å². The van der Waals surface area contributed by atoms with E-state index >= 15 is 0 Å². The van der Waals surface area contributed by atoms with E-state index < -0.39 is 6.10 Å². The van der Waals surface area contributed by atoms with Crippen LogP contribution in [0.1, 0.15) is 57.1 Å². The van der Waals surface area contributed by atoms with Gasteiger partial charge in [0.1, 0.15) is 5.75 Å². The molecule has 0 spiro atoms. The average molecular weight is 277 g/mol. The summed E-state index contributed by atoms with van der Waals surface area (Å²) in [5, 5.41) is 10.1. The molecule has 0 radical (unpaired) electrons. The summed E-state index contributed by atoms with van der Waals surface area (Å²) in [6, 6.07) is 6.59. The highest BCUT2D eigenvalue weighted by atomic mass is 16.5. The van der Waals surface area contributed by atoms with E-state index in [4.69, 9.17) is 4.74 Å². The van der Waals surface area contributed by atoms with Gasteiger partial charge in [0.05, 0.1) is 13.2 Å². The fourth-order valence-electron chi connectivity index (χ4n) is 3.28. The summed E-state index contributed by atoms with van der Waals surface area (Å²) in [6.45, 7) is 1.81. The first-order valence-electron chi connectivity index (χ1n) is 7.73. The van der Waals surface area contributed by atoms with Crippen LogP contribution in [0.15, 0.2) is 18.2 Å². The summed E-state index contributed by atoms with van der Waals surface area (Å²) < 4.78 is 5.42. The van der Waals surface area contributed by atoms with Crippen LogP contribution in [-0.2, 0) is 0 Å². The summed E-state index contributed by atoms with van der Waals surface area (Å²) in [7, 11) is 3.81. The number of rotatable bonds is 4. The van der Waals surface area contributed by atoms with Crippen LogP contribution in [0.3, 0.4) is 0 Å². The molecule has 20 heavy (non-hydrogen) atoms. The first-order valence-corrected chi connectivity index (χ1v) is 7.73. The zero-order valence-electron chi connectivity index (χ0n) is 12.9. The quantitative estimate of drug-likeness (QED) is 0.847. The number of hydrogen-bond acceptors (Lipinski definition) is 3. The molecule has 1 aliphatic rings. The molecule has 1 aromatic carbocycles.